The van der Waals surface area contributed by atoms with E-state index in [2.05, 4.69) is 44.4 Å². The number of piperazine rings is 1. The first-order valence-corrected chi connectivity index (χ1v) is 9.12. The predicted octanol–water partition coefficient (Wildman–Crippen LogP) is 1.78. The second kappa shape index (κ2) is 7.72. The molecule has 2 aromatic heterocycles. The van der Waals surface area contributed by atoms with E-state index in [1.54, 1.807) is 13.1 Å². The van der Waals surface area contributed by atoms with Crippen molar-refractivity contribution in [1.29, 1.82) is 0 Å². The van der Waals surface area contributed by atoms with Gasteiger partial charge >= 0.3 is 0 Å². The van der Waals surface area contributed by atoms with Crippen molar-refractivity contribution >= 4 is 23.1 Å². The lowest BCUT2D eigenvalue weighted by Crippen LogP contribution is -2.46. The summed E-state index contributed by atoms with van der Waals surface area (Å²) in [5, 5.41) is 10.8. The molecule has 6 nitrogen and oxygen atoms in total. The van der Waals surface area contributed by atoms with Gasteiger partial charge in [0.25, 0.3) is 5.91 Å². The fourth-order valence-electron chi connectivity index (χ4n) is 2.80. The Kier molecular flexibility index (Phi) is 5.42. The van der Waals surface area contributed by atoms with Gasteiger partial charge in [-0.1, -0.05) is 6.92 Å². The summed E-state index contributed by atoms with van der Waals surface area (Å²) in [5.74, 6) is 0.632. The van der Waals surface area contributed by atoms with E-state index in [1.165, 1.54) is 9.75 Å². The summed E-state index contributed by atoms with van der Waals surface area (Å²) in [4.78, 5) is 19.1. The minimum absolute atomic E-state index is 0.207. The van der Waals surface area contributed by atoms with E-state index in [1.807, 2.05) is 17.4 Å². The van der Waals surface area contributed by atoms with E-state index < -0.39 is 0 Å². The van der Waals surface area contributed by atoms with Gasteiger partial charge < -0.3 is 10.2 Å². The van der Waals surface area contributed by atoms with E-state index in [4.69, 9.17) is 0 Å². The first-order chi connectivity index (χ1) is 11.7. The number of carbonyl (C=O) groups is 1. The normalized spacial score (nSPS) is 15.5. The Morgan fingerprint density at radius 1 is 1.12 bits per heavy atom. The SMILES string of the molecule is CCc1ccc(CN2CCN(c3ccc(C(=O)NC)nn3)CC2)s1. The molecule has 0 atom stereocenters. The predicted molar refractivity (Wildman–Crippen MR) is 96.6 cm³/mol. The first kappa shape index (κ1) is 16.9. The Hall–Kier alpha value is -1.99. The largest absolute Gasteiger partial charge is 0.354 e. The lowest BCUT2D eigenvalue weighted by Gasteiger charge is -2.34. The minimum Gasteiger partial charge on any atom is -0.354 e. The standard InChI is InChI=1S/C17H23N5OS/c1-3-13-4-5-14(24-13)12-21-8-10-22(11-9-21)16-7-6-15(19-20-16)17(23)18-2/h4-7H,3,8-12H2,1-2H3,(H,18,23). The van der Waals surface area contributed by atoms with Crippen LogP contribution in [0.4, 0.5) is 5.82 Å². The number of anilines is 1. The number of amides is 1. The molecule has 3 rings (SSSR count). The highest BCUT2D eigenvalue weighted by atomic mass is 32.1. The fraction of sp³-hybridized carbons (Fsp3) is 0.471. The maximum Gasteiger partial charge on any atom is 0.271 e. The maximum atomic E-state index is 11.5. The van der Waals surface area contributed by atoms with Crippen LogP contribution in [0.5, 0.6) is 0 Å². The highest BCUT2D eigenvalue weighted by Gasteiger charge is 2.19. The third-order valence-electron chi connectivity index (χ3n) is 4.25. The van der Waals surface area contributed by atoms with Crippen LogP contribution in [0, 0.1) is 0 Å². The number of carbonyl (C=O) groups excluding carboxylic acids is 1. The van der Waals surface area contributed by atoms with E-state index in [9.17, 15) is 4.79 Å². The Morgan fingerprint density at radius 2 is 1.88 bits per heavy atom. The van der Waals surface area contributed by atoms with Crippen molar-refractivity contribution in [2.75, 3.05) is 38.1 Å². The van der Waals surface area contributed by atoms with E-state index in [0.717, 1.165) is 45.0 Å². The van der Waals surface area contributed by atoms with Crippen molar-refractivity contribution in [3.63, 3.8) is 0 Å². The van der Waals surface area contributed by atoms with Gasteiger partial charge in [0.05, 0.1) is 0 Å². The Bertz CT molecular complexity index is 677. The molecule has 1 aliphatic rings. The van der Waals surface area contributed by atoms with E-state index >= 15 is 0 Å². The highest BCUT2D eigenvalue weighted by molar-refractivity contribution is 7.11. The molecular formula is C17H23N5OS. The molecule has 3 heterocycles. The summed E-state index contributed by atoms with van der Waals surface area (Å²) < 4.78 is 0. The first-order valence-electron chi connectivity index (χ1n) is 8.30. The Morgan fingerprint density at radius 3 is 2.46 bits per heavy atom. The smallest absolute Gasteiger partial charge is 0.271 e. The third kappa shape index (κ3) is 3.91. The molecule has 0 spiro atoms. The Balaban J connectivity index is 1.53. The van der Waals surface area contributed by atoms with Crippen molar-refractivity contribution in [1.82, 2.24) is 20.4 Å². The summed E-state index contributed by atoms with van der Waals surface area (Å²) in [7, 11) is 1.59. The number of rotatable bonds is 5. The van der Waals surface area contributed by atoms with Gasteiger partial charge in [-0.05, 0) is 30.7 Å². The zero-order valence-corrected chi connectivity index (χ0v) is 15.0. The molecule has 1 amide bonds. The number of nitrogens with zero attached hydrogens (tertiary/aromatic N) is 4. The molecule has 24 heavy (non-hydrogen) atoms. The van der Waals surface area contributed by atoms with Crippen molar-refractivity contribution < 1.29 is 4.79 Å². The van der Waals surface area contributed by atoms with Crippen LogP contribution < -0.4 is 10.2 Å². The fourth-order valence-corrected chi connectivity index (χ4v) is 3.80. The number of aryl methyl sites for hydroxylation is 1. The van der Waals surface area contributed by atoms with Crippen LogP contribution in [0.2, 0.25) is 0 Å². The van der Waals surface area contributed by atoms with Gasteiger partial charge in [0.1, 0.15) is 0 Å². The third-order valence-corrected chi connectivity index (χ3v) is 5.47. The van der Waals surface area contributed by atoms with Crippen LogP contribution in [0.3, 0.4) is 0 Å². The molecule has 0 radical (unpaired) electrons. The molecule has 1 saturated heterocycles. The molecule has 1 N–H and O–H groups in total. The van der Waals surface area contributed by atoms with Crippen molar-refractivity contribution in [3.8, 4) is 0 Å². The zero-order chi connectivity index (χ0) is 16.9. The van der Waals surface area contributed by atoms with E-state index in [0.29, 0.717) is 5.69 Å². The topological polar surface area (TPSA) is 61.4 Å². The number of hydrogen-bond donors (Lipinski definition) is 1. The highest BCUT2D eigenvalue weighted by Crippen LogP contribution is 2.20. The number of hydrogen-bond acceptors (Lipinski definition) is 6. The average molecular weight is 345 g/mol. The number of nitrogens with one attached hydrogen (secondary N) is 1. The molecule has 2 aromatic rings. The van der Waals surface area contributed by atoms with Crippen LogP contribution >= 0.6 is 11.3 Å². The monoisotopic (exact) mass is 345 g/mol. The number of thiophene rings is 1. The van der Waals surface area contributed by atoms with Crippen LogP contribution in [-0.4, -0.2) is 54.2 Å². The van der Waals surface area contributed by atoms with Crippen LogP contribution in [-0.2, 0) is 13.0 Å². The lowest BCUT2D eigenvalue weighted by atomic mass is 10.3. The van der Waals surface area contributed by atoms with Crippen LogP contribution in [0.25, 0.3) is 0 Å². The van der Waals surface area contributed by atoms with Gasteiger partial charge in [-0.15, -0.1) is 21.5 Å². The molecule has 1 aliphatic heterocycles. The molecule has 0 unspecified atom stereocenters. The van der Waals surface area contributed by atoms with Crippen LogP contribution in [0.15, 0.2) is 24.3 Å². The molecule has 128 valence electrons. The molecular weight excluding hydrogens is 322 g/mol. The lowest BCUT2D eigenvalue weighted by molar-refractivity contribution is 0.0957. The van der Waals surface area contributed by atoms with Gasteiger partial charge in [0.2, 0.25) is 0 Å². The van der Waals surface area contributed by atoms with Gasteiger partial charge in [0, 0.05) is 49.5 Å². The second-order valence-electron chi connectivity index (χ2n) is 5.84. The summed E-state index contributed by atoms with van der Waals surface area (Å²) in [5.41, 5.74) is 0.351. The summed E-state index contributed by atoms with van der Waals surface area (Å²) in [6.07, 6.45) is 1.11. The second-order valence-corrected chi connectivity index (χ2v) is 7.09. The molecule has 7 heteroatoms. The summed E-state index contributed by atoms with van der Waals surface area (Å²) in [6, 6.07) is 8.09. The molecule has 0 aromatic carbocycles. The summed E-state index contributed by atoms with van der Waals surface area (Å²) >= 11 is 1.91. The van der Waals surface area contributed by atoms with Crippen LogP contribution in [0.1, 0.15) is 27.2 Å². The zero-order valence-electron chi connectivity index (χ0n) is 14.2. The van der Waals surface area contributed by atoms with E-state index in [-0.39, 0.29) is 5.91 Å². The molecule has 1 fully saturated rings. The maximum absolute atomic E-state index is 11.5. The van der Waals surface area contributed by atoms with Gasteiger partial charge in [-0.2, -0.15) is 0 Å². The molecule has 0 saturated carbocycles. The van der Waals surface area contributed by atoms with Crippen molar-refractivity contribution in [2.24, 2.45) is 0 Å². The summed E-state index contributed by atoms with van der Waals surface area (Å²) in [6.45, 7) is 7.11. The average Bonchev–Trinajstić information content (AvgIpc) is 3.09. The molecule has 0 bridgehead atoms. The van der Waals surface area contributed by atoms with Gasteiger partial charge in [-0.25, -0.2) is 0 Å². The Labute approximate surface area is 146 Å². The van der Waals surface area contributed by atoms with Gasteiger partial charge in [-0.3, -0.25) is 9.69 Å². The van der Waals surface area contributed by atoms with Crippen molar-refractivity contribution in [2.45, 2.75) is 19.9 Å². The number of aromatic nitrogens is 2. The quantitative estimate of drug-likeness (QED) is 0.895. The van der Waals surface area contributed by atoms with Gasteiger partial charge in [0.15, 0.2) is 11.5 Å². The minimum atomic E-state index is -0.207. The molecule has 0 aliphatic carbocycles. The van der Waals surface area contributed by atoms with Crippen molar-refractivity contribution in [3.05, 3.63) is 39.7 Å².